The highest BCUT2D eigenvalue weighted by Gasteiger charge is 2.16. The summed E-state index contributed by atoms with van der Waals surface area (Å²) in [6, 6.07) is 8.92. The zero-order valence-corrected chi connectivity index (χ0v) is 12.2. The lowest BCUT2D eigenvalue weighted by atomic mass is 9.92. The molecule has 2 nitrogen and oxygen atoms in total. The van der Waals surface area contributed by atoms with E-state index in [9.17, 15) is 0 Å². The molecule has 1 N–H and O–H groups in total. The van der Waals surface area contributed by atoms with Gasteiger partial charge in [0.25, 0.3) is 0 Å². The zero-order chi connectivity index (χ0) is 13.4. The van der Waals surface area contributed by atoms with Crippen LogP contribution in [0.15, 0.2) is 24.3 Å². The van der Waals surface area contributed by atoms with Crippen molar-refractivity contribution in [1.29, 1.82) is 0 Å². The molecule has 2 atom stereocenters. The van der Waals surface area contributed by atoms with Crippen molar-refractivity contribution in [2.45, 2.75) is 46.1 Å². The molecule has 0 saturated heterocycles. The van der Waals surface area contributed by atoms with E-state index in [4.69, 9.17) is 4.74 Å². The number of rotatable bonds is 8. The summed E-state index contributed by atoms with van der Waals surface area (Å²) >= 11 is 0. The Morgan fingerprint density at radius 2 is 1.94 bits per heavy atom. The summed E-state index contributed by atoms with van der Waals surface area (Å²) in [5.74, 6) is 1.63. The maximum absolute atomic E-state index is 5.42. The molecule has 1 aromatic rings. The molecule has 0 heterocycles. The molecule has 0 saturated carbocycles. The molecule has 1 rings (SSSR count). The Morgan fingerprint density at radius 3 is 2.56 bits per heavy atom. The fourth-order valence-electron chi connectivity index (χ4n) is 2.44. The standard InChI is InChI=1S/C16H27NO/c1-5-11-17-15(6-2)13(3)12-14-9-7-8-10-16(14)18-4/h7-10,13,15,17H,5-6,11-12H2,1-4H3. The first kappa shape index (κ1) is 15.0. The monoisotopic (exact) mass is 249 g/mol. The van der Waals surface area contributed by atoms with Gasteiger partial charge in [0.1, 0.15) is 5.75 Å². The first-order valence-electron chi connectivity index (χ1n) is 7.08. The molecule has 18 heavy (non-hydrogen) atoms. The number of benzene rings is 1. The van der Waals surface area contributed by atoms with E-state index in [0.717, 1.165) is 18.7 Å². The molecule has 102 valence electrons. The van der Waals surface area contributed by atoms with Crippen LogP contribution in [0.2, 0.25) is 0 Å². The van der Waals surface area contributed by atoms with Crippen LogP contribution in [0.3, 0.4) is 0 Å². The van der Waals surface area contributed by atoms with Crippen molar-refractivity contribution in [3.8, 4) is 5.75 Å². The molecule has 0 radical (unpaired) electrons. The summed E-state index contributed by atoms with van der Waals surface area (Å²) < 4.78 is 5.42. The van der Waals surface area contributed by atoms with Gasteiger partial charge in [0.15, 0.2) is 0 Å². The van der Waals surface area contributed by atoms with Gasteiger partial charge in [-0.2, -0.15) is 0 Å². The summed E-state index contributed by atoms with van der Waals surface area (Å²) in [4.78, 5) is 0. The highest BCUT2D eigenvalue weighted by molar-refractivity contribution is 5.33. The molecule has 0 fully saturated rings. The van der Waals surface area contributed by atoms with Gasteiger partial charge in [-0.05, 0) is 43.4 Å². The molecule has 0 aromatic heterocycles. The van der Waals surface area contributed by atoms with E-state index in [1.165, 1.54) is 18.4 Å². The van der Waals surface area contributed by atoms with Crippen molar-refractivity contribution in [2.24, 2.45) is 5.92 Å². The Hall–Kier alpha value is -1.02. The third-order valence-corrected chi connectivity index (χ3v) is 3.52. The minimum atomic E-state index is 0.592. The number of para-hydroxylation sites is 1. The van der Waals surface area contributed by atoms with Crippen LogP contribution in [0.5, 0.6) is 5.75 Å². The maximum atomic E-state index is 5.42. The number of hydrogen-bond donors (Lipinski definition) is 1. The molecule has 0 aliphatic rings. The summed E-state index contributed by atoms with van der Waals surface area (Å²) in [5.41, 5.74) is 1.31. The molecule has 2 unspecified atom stereocenters. The maximum Gasteiger partial charge on any atom is 0.122 e. The van der Waals surface area contributed by atoms with Gasteiger partial charge in [0, 0.05) is 6.04 Å². The molecule has 0 aliphatic carbocycles. The summed E-state index contributed by atoms with van der Waals surface area (Å²) in [6.45, 7) is 7.90. The second-order valence-corrected chi connectivity index (χ2v) is 4.96. The second-order valence-electron chi connectivity index (χ2n) is 4.96. The van der Waals surface area contributed by atoms with Gasteiger partial charge in [-0.3, -0.25) is 0 Å². The molecule has 1 aromatic carbocycles. The van der Waals surface area contributed by atoms with Crippen LogP contribution in [-0.2, 0) is 6.42 Å². The van der Waals surface area contributed by atoms with Crippen LogP contribution < -0.4 is 10.1 Å². The Kier molecular flexibility index (Phi) is 6.81. The summed E-state index contributed by atoms with van der Waals surface area (Å²) in [6.07, 6.45) is 3.44. The summed E-state index contributed by atoms with van der Waals surface area (Å²) in [5, 5.41) is 3.64. The molecule has 0 bridgehead atoms. The van der Waals surface area contributed by atoms with Gasteiger partial charge in [-0.25, -0.2) is 0 Å². The molecular weight excluding hydrogens is 222 g/mol. The highest BCUT2D eigenvalue weighted by Crippen LogP contribution is 2.22. The van der Waals surface area contributed by atoms with Crippen molar-refractivity contribution in [1.82, 2.24) is 5.32 Å². The third-order valence-electron chi connectivity index (χ3n) is 3.52. The predicted octanol–water partition coefficient (Wildman–Crippen LogP) is 3.65. The van der Waals surface area contributed by atoms with E-state index in [1.54, 1.807) is 7.11 Å². The molecule has 0 amide bonds. The first-order chi connectivity index (χ1) is 8.72. The van der Waals surface area contributed by atoms with E-state index >= 15 is 0 Å². The fraction of sp³-hybridized carbons (Fsp3) is 0.625. The van der Waals surface area contributed by atoms with Crippen molar-refractivity contribution in [3.05, 3.63) is 29.8 Å². The van der Waals surface area contributed by atoms with Gasteiger partial charge in [-0.15, -0.1) is 0 Å². The van der Waals surface area contributed by atoms with E-state index in [-0.39, 0.29) is 0 Å². The lowest BCUT2D eigenvalue weighted by molar-refractivity contribution is 0.356. The lowest BCUT2D eigenvalue weighted by Gasteiger charge is -2.24. The van der Waals surface area contributed by atoms with Crippen LogP contribution in [0.1, 0.15) is 39.2 Å². The Morgan fingerprint density at radius 1 is 1.22 bits per heavy atom. The van der Waals surface area contributed by atoms with Crippen LogP contribution in [0.4, 0.5) is 0 Å². The third kappa shape index (κ3) is 4.34. The highest BCUT2D eigenvalue weighted by atomic mass is 16.5. The van der Waals surface area contributed by atoms with Crippen molar-refractivity contribution in [2.75, 3.05) is 13.7 Å². The van der Waals surface area contributed by atoms with Crippen molar-refractivity contribution < 1.29 is 4.74 Å². The zero-order valence-electron chi connectivity index (χ0n) is 12.2. The smallest absolute Gasteiger partial charge is 0.122 e. The number of hydrogen-bond acceptors (Lipinski definition) is 2. The summed E-state index contributed by atoms with van der Waals surface area (Å²) in [7, 11) is 1.75. The minimum Gasteiger partial charge on any atom is -0.496 e. The Balaban J connectivity index is 2.63. The van der Waals surface area contributed by atoms with Gasteiger partial charge in [0.2, 0.25) is 0 Å². The topological polar surface area (TPSA) is 21.3 Å². The average molecular weight is 249 g/mol. The predicted molar refractivity (Wildman–Crippen MR) is 78.2 cm³/mol. The molecule has 0 aliphatic heterocycles. The van der Waals surface area contributed by atoms with E-state index in [1.807, 2.05) is 12.1 Å². The molecule has 2 heteroatoms. The van der Waals surface area contributed by atoms with Crippen molar-refractivity contribution >= 4 is 0 Å². The van der Waals surface area contributed by atoms with Gasteiger partial charge in [-0.1, -0.05) is 39.0 Å². The molecular formula is C16H27NO. The minimum absolute atomic E-state index is 0.592. The van der Waals surface area contributed by atoms with Gasteiger partial charge < -0.3 is 10.1 Å². The van der Waals surface area contributed by atoms with Gasteiger partial charge in [0.05, 0.1) is 7.11 Å². The first-order valence-corrected chi connectivity index (χ1v) is 7.08. The quantitative estimate of drug-likeness (QED) is 0.759. The number of nitrogens with one attached hydrogen (secondary N) is 1. The Bertz CT molecular complexity index is 338. The second kappa shape index (κ2) is 8.15. The largest absolute Gasteiger partial charge is 0.496 e. The SMILES string of the molecule is CCCNC(CC)C(C)Cc1ccccc1OC. The van der Waals surface area contributed by atoms with E-state index in [2.05, 4.69) is 38.2 Å². The van der Waals surface area contributed by atoms with Crippen LogP contribution in [0, 0.1) is 5.92 Å². The normalized spacial score (nSPS) is 14.2. The lowest BCUT2D eigenvalue weighted by Crippen LogP contribution is -2.35. The van der Waals surface area contributed by atoms with Crippen LogP contribution in [0.25, 0.3) is 0 Å². The van der Waals surface area contributed by atoms with E-state index in [0.29, 0.717) is 12.0 Å². The van der Waals surface area contributed by atoms with Crippen LogP contribution in [-0.4, -0.2) is 19.7 Å². The van der Waals surface area contributed by atoms with Crippen molar-refractivity contribution in [3.63, 3.8) is 0 Å². The molecule has 0 spiro atoms. The van der Waals surface area contributed by atoms with E-state index < -0.39 is 0 Å². The van der Waals surface area contributed by atoms with Gasteiger partial charge >= 0.3 is 0 Å². The number of ether oxygens (including phenoxy) is 1. The number of methoxy groups -OCH3 is 1. The van der Waals surface area contributed by atoms with Crippen LogP contribution >= 0.6 is 0 Å². The fourth-order valence-corrected chi connectivity index (χ4v) is 2.44. The average Bonchev–Trinajstić information content (AvgIpc) is 2.40. The Labute approximate surface area is 112 Å².